The number of rotatable bonds is 5. The Morgan fingerprint density at radius 2 is 1.92 bits per heavy atom. The Bertz CT molecular complexity index is 533. The first-order chi connectivity index (χ1) is 11.1. The Morgan fingerprint density at radius 3 is 2.50 bits per heavy atom. The van der Waals surface area contributed by atoms with Gasteiger partial charge in [0.1, 0.15) is 6.10 Å². The van der Waals surface area contributed by atoms with Gasteiger partial charge >= 0.3 is 5.97 Å². The van der Waals surface area contributed by atoms with Gasteiger partial charge in [0, 0.05) is 19.0 Å². The smallest absolute Gasteiger partial charge is 0.343 e. The van der Waals surface area contributed by atoms with Gasteiger partial charge in [-0.2, -0.15) is 0 Å². The lowest BCUT2D eigenvalue weighted by atomic mass is 9.80. The fourth-order valence-electron chi connectivity index (χ4n) is 3.98. The van der Waals surface area contributed by atoms with Gasteiger partial charge in [-0.15, -0.1) is 12.4 Å². The highest BCUT2D eigenvalue weighted by Crippen LogP contribution is 2.41. The number of likely N-dealkylation sites (N-methyl/N-ethyl adjacent to an activating group) is 1. The van der Waals surface area contributed by atoms with Crippen LogP contribution < -0.4 is 0 Å². The maximum absolute atomic E-state index is 12.9. The molecule has 3 rings (SSSR count). The van der Waals surface area contributed by atoms with Gasteiger partial charge in [-0.1, -0.05) is 50.1 Å². The topological polar surface area (TPSA) is 49.8 Å². The summed E-state index contributed by atoms with van der Waals surface area (Å²) < 4.78 is 5.74. The molecule has 134 valence electrons. The summed E-state index contributed by atoms with van der Waals surface area (Å²) in [6.45, 7) is 4.82. The van der Waals surface area contributed by atoms with Crippen molar-refractivity contribution in [1.82, 2.24) is 4.90 Å². The average Bonchev–Trinajstić information content (AvgIpc) is 3.26. The van der Waals surface area contributed by atoms with E-state index in [-0.39, 0.29) is 24.4 Å². The molecule has 1 N–H and O–H groups in total. The summed E-state index contributed by atoms with van der Waals surface area (Å²) >= 11 is 0. The van der Waals surface area contributed by atoms with Crippen LogP contribution in [-0.2, 0) is 15.1 Å². The van der Waals surface area contributed by atoms with Gasteiger partial charge in [-0.3, -0.25) is 4.90 Å². The Balaban J connectivity index is 0.00000208. The van der Waals surface area contributed by atoms with Crippen LogP contribution in [0.2, 0.25) is 0 Å². The van der Waals surface area contributed by atoms with Crippen molar-refractivity contribution in [3.8, 4) is 0 Å². The molecule has 5 heteroatoms. The fourth-order valence-corrected chi connectivity index (χ4v) is 3.98. The number of halogens is 1. The van der Waals surface area contributed by atoms with E-state index >= 15 is 0 Å². The van der Waals surface area contributed by atoms with Gasteiger partial charge in [0.15, 0.2) is 5.60 Å². The monoisotopic (exact) mass is 353 g/mol. The van der Waals surface area contributed by atoms with Crippen LogP contribution in [0.25, 0.3) is 0 Å². The molecular formula is C19H28ClNO3. The zero-order valence-corrected chi connectivity index (χ0v) is 15.1. The third-order valence-electron chi connectivity index (χ3n) is 5.42. The molecule has 24 heavy (non-hydrogen) atoms. The van der Waals surface area contributed by atoms with E-state index < -0.39 is 11.6 Å². The normalized spacial score (nSPS) is 24.3. The summed E-state index contributed by atoms with van der Waals surface area (Å²) in [6, 6.07) is 9.33. The molecule has 0 bridgehead atoms. The van der Waals surface area contributed by atoms with Crippen molar-refractivity contribution < 1.29 is 14.6 Å². The lowest BCUT2D eigenvalue weighted by Crippen LogP contribution is -2.45. The quantitative estimate of drug-likeness (QED) is 0.826. The molecule has 1 aliphatic carbocycles. The van der Waals surface area contributed by atoms with Crippen LogP contribution in [0.4, 0.5) is 0 Å². The Labute approximate surface area is 150 Å². The number of esters is 1. The molecule has 2 fully saturated rings. The van der Waals surface area contributed by atoms with Crippen molar-refractivity contribution in [3.63, 3.8) is 0 Å². The Hall–Kier alpha value is -1.10. The van der Waals surface area contributed by atoms with Crippen molar-refractivity contribution >= 4 is 18.4 Å². The van der Waals surface area contributed by atoms with Crippen LogP contribution in [0.1, 0.15) is 44.6 Å². The fraction of sp³-hybridized carbons (Fsp3) is 0.632. The summed E-state index contributed by atoms with van der Waals surface area (Å²) in [5, 5.41) is 11.3. The number of aliphatic hydroxyl groups is 1. The van der Waals surface area contributed by atoms with Crippen LogP contribution in [0.15, 0.2) is 30.3 Å². The van der Waals surface area contributed by atoms with E-state index in [2.05, 4.69) is 11.8 Å². The highest BCUT2D eigenvalue weighted by molar-refractivity contribution is 5.85. The van der Waals surface area contributed by atoms with Crippen molar-refractivity contribution in [2.45, 2.75) is 50.7 Å². The number of hydrogen-bond donors (Lipinski definition) is 1. The second kappa shape index (κ2) is 8.32. The van der Waals surface area contributed by atoms with Crippen molar-refractivity contribution in [2.75, 3.05) is 19.6 Å². The van der Waals surface area contributed by atoms with Crippen LogP contribution in [-0.4, -0.2) is 41.7 Å². The number of nitrogens with zero attached hydrogens (tertiary/aromatic N) is 1. The minimum absolute atomic E-state index is 0. The SMILES string of the molecule is CCN1CCC(OC(=O)C(O)(c2ccccc2)C2CCCC2)C1.Cl. The molecule has 1 saturated heterocycles. The minimum atomic E-state index is -1.50. The van der Waals surface area contributed by atoms with Crippen LogP contribution in [0.3, 0.4) is 0 Å². The molecule has 1 saturated carbocycles. The second-order valence-electron chi connectivity index (χ2n) is 6.82. The third kappa shape index (κ3) is 3.76. The molecule has 1 aromatic carbocycles. The van der Waals surface area contributed by atoms with Gasteiger partial charge in [0.25, 0.3) is 0 Å². The van der Waals surface area contributed by atoms with Crippen molar-refractivity contribution in [2.24, 2.45) is 5.92 Å². The Kier molecular flexibility index (Phi) is 6.67. The van der Waals surface area contributed by atoms with E-state index in [1.54, 1.807) is 0 Å². The molecule has 1 aliphatic heterocycles. The average molecular weight is 354 g/mol. The van der Waals surface area contributed by atoms with E-state index in [9.17, 15) is 9.90 Å². The molecule has 0 radical (unpaired) electrons. The molecule has 2 aliphatic rings. The van der Waals surface area contributed by atoms with Gasteiger partial charge < -0.3 is 9.84 Å². The zero-order chi connectivity index (χ0) is 16.3. The van der Waals surface area contributed by atoms with Crippen LogP contribution in [0, 0.1) is 5.92 Å². The van der Waals surface area contributed by atoms with Gasteiger partial charge in [0.05, 0.1) is 0 Å². The number of benzene rings is 1. The van der Waals surface area contributed by atoms with E-state index in [0.29, 0.717) is 5.56 Å². The second-order valence-corrected chi connectivity index (χ2v) is 6.82. The number of ether oxygens (including phenoxy) is 1. The maximum Gasteiger partial charge on any atom is 0.343 e. The standard InChI is InChI=1S/C19H27NO3.ClH/c1-2-20-13-12-17(14-20)23-18(21)19(22,16-10-6-7-11-16)15-8-4-3-5-9-15;/h3-5,8-9,16-17,22H,2,6-7,10-14H2,1H3;1H. The van der Waals surface area contributed by atoms with Crippen molar-refractivity contribution in [1.29, 1.82) is 0 Å². The molecule has 2 atom stereocenters. The number of carbonyl (C=O) groups is 1. The first kappa shape index (κ1) is 19.2. The van der Waals surface area contributed by atoms with Crippen LogP contribution >= 0.6 is 12.4 Å². The van der Waals surface area contributed by atoms with E-state index in [0.717, 1.165) is 51.7 Å². The largest absolute Gasteiger partial charge is 0.459 e. The predicted octanol–water partition coefficient (Wildman–Crippen LogP) is 3.12. The number of carbonyl (C=O) groups excluding carboxylic acids is 1. The van der Waals surface area contributed by atoms with E-state index in [1.807, 2.05) is 30.3 Å². The highest BCUT2D eigenvalue weighted by atomic mass is 35.5. The minimum Gasteiger partial charge on any atom is -0.459 e. The molecular weight excluding hydrogens is 326 g/mol. The van der Waals surface area contributed by atoms with Crippen molar-refractivity contribution in [3.05, 3.63) is 35.9 Å². The number of hydrogen-bond acceptors (Lipinski definition) is 4. The molecule has 4 nitrogen and oxygen atoms in total. The van der Waals surface area contributed by atoms with Gasteiger partial charge in [0.2, 0.25) is 0 Å². The molecule has 0 aromatic heterocycles. The molecule has 0 amide bonds. The van der Waals surface area contributed by atoms with E-state index in [4.69, 9.17) is 4.74 Å². The van der Waals surface area contributed by atoms with Crippen LogP contribution in [0.5, 0.6) is 0 Å². The van der Waals surface area contributed by atoms with Gasteiger partial charge in [-0.05, 0) is 31.4 Å². The summed E-state index contributed by atoms with van der Waals surface area (Å²) in [5.41, 5.74) is -0.834. The molecule has 0 spiro atoms. The highest BCUT2D eigenvalue weighted by Gasteiger charge is 2.48. The predicted molar refractivity (Wildman–Crippen MR) is 96.2 cm³/mol. The van der Waals surface area contributed by atoms with Gasteiger partial charge in [-0.25, -0.2) is 4.79 Å². The summed E-state index contributed by atoms with van der Waals surface area (Å²) in [5.74, 6) is -0.500. The Morgan fingerprint density at radius 1 is 1.25 bits per heavy atom. The third-order valence-corrected chi connectivity index (χ3v) is 5.42. The number of likely N-dealkylation sites (tertiary alicyclic amines) is 1. The summed E-state index contributed by atoms with van der Waals surface area (Å²) in [4.78, 5) is 15.2. The summed E-state index contributed by atoms with van der Waals surface area (Å²) in [7, 11) is 0. The molecule has 1 aromatic rings. The first-order valence-corrected chi connectivity index (χ1v) is 8.86. The molecule has 1 heterocycles. The van der Waals surface area contributed by atoms with E-state index in [1.165, 1.54) is 0 Å². The molecule has 2 unspecified atom stereocenters. The lowest BCUT2D eigenvalue weighted by molar-refractivity contribution is -0.178. The lowest BCUT2D eigenvalue weighted by Gasteiger charge is -2.33. The maximum atomic E-state index is 12.9. The first-order valence-electron chi connectivity index (χ1n) is 8.86. The zero-order valence-electron chi connectivity index (χ0n) is 14.3. The summed E-state index contributed by atoms with van der Waals surface area (Å²) in [6.07, 6.45) is 4.66.